The lowest BCUT2D eigenvalue weighted by Gasteiger charge is -2.56. The molecule has 26 nitrogen and oxygen atoms in total. The van der Waals surface area contributed by atoms with Crippen LogP contribution in [-0.4, -0.2) is 197 Å². The van der Waals surface area contributed by atoms with Crippen molar-refractivity contribution in [3.8, 4) is 0 Å². The fourth-order valence-corrected chi connectivity index (χ4v) is 16.9. The summed E-state index contributed by atoms with van der Waals surface area (Å²) >= 11 is 0. The third-order valence-electron chi connectivity index (χ3n) is 21.7. The average molecular weight is 1310 g/mol. The lowest BCUT2D eigenvalue weighted by Crippen LogP contribution is -2.65. The molecule has 6 aliphatic heterocycles. The minimum absolute atomic E-state index is 0.00196. The number of nitrogens with one attached hydrogen (secondary N) is 1. The molecule has 10 rings (SSSR count). The van der Waals surface area contributed by atoms with Gasteiger partial charge in [-0.05, 0) is 109 Å². The molecule has 1 amide bonds. The number of ether oxygens (including phenoxy) is 13. The molecule has 6 saturated heterocycles. The Bertz CT molecular complexity index is 2960. The monoisotopic (exact) mass is 1310 g/mol. The molecule has 5 N–H and O–H groups in total. The van der Waals surface area contributed by atoms with Crippen LogP contribution >= 0.6 is 0 Å². The number of carbonyl (C=O) groups excluding carboxylic acids is 5. The standard InChI is InChI=1S/C67H96N2O24/c1-30-14-18-47(88-54-28-65(11,69(79)80)60(38(9)86-54)68-64(78)81-13)31(2)23-43-45(73)24-40(29-70)27-67(43)62(76)55(63(77)93-67)61(75)66(12)42(30)16-15-41-56(66)32(3)22-33(4)57(41)92-53-26-49(59(37(8)85-53)87-39(10)71)90-50-21-19-48(35(6)83-50)89-52-25-46(74)58(36(7)84-52)91-51-20-17-44(72)34(5)82-51/h14-16,23-24,29,32-38,41-54,56-60,72-75H,17-22,25-28H2,1-13H3,(H,68,78)/b30-14+,31-23+,61-55?/t32-,33-,34-,35-,36-,37-,38+,41?,42-,43+,44?,45-,46+,47-,48?,49+,50-,51-,52-,53-,54-,56+,57?,58?,59?,60?,65?,66+,67?/m0/s1. The van der Waals surface area contributed by atoms with Gasteiger partial charge in [0.05, 0.1) is 86.6 Å². The molecule has 1 saturated carbocycles. The van der Waals surface area contributed by atoms with Gasteiger partial charge in [0, 0.05) is 68.1 Å². The van der Waals surface area contributed by atoms with Crippen LogP contribution in [0.2, 0.25) is 0 Å². The molecule has 0 aromatic rings. The van der Waals surface area contributed by atoms with Gasteiger partial charge >= 0.3 is 18.0 Å². The van der Waals surface area contributed by atoms with E-state index in [1.165, 1.54) is 19.9 Å². The van der Waals surface area contributed by atoms with Crippen molar-refractivity contribution >= 4 is 30.1 Å². The number of Topliss-reactive ketones (excluding diaryl/α,β-unsaturated/α-hetero) is 1. The van der Waals surface area contributed by atoms with Crippen LogP contribution in [-0.2, 0) is 80.8 Å². The number of rotatable bonds is 14. The van der Waals surface area contributed by atoms with Gasteiger partial charge in [-0.15, -0.1) is 0 Å². The first-order chi connectivity index (χ1) is 43.9. The summed E-state index contributed by atoms with van der Waals surface area (Å²) < 4.78 is 81.5. The van der Waals surface area contributed by atoms with Gasteiger partial charge < -0.3 is 87.3 Å². The van der Waals surface area contributed by atoms with Crippen LogP contribution in [0.1, 0.15) is 147 Å². The van der Waals surface area contributed by atoms with Crippen molar-refractivity contribution in [1.29, 1.82) is 0 Å². The second kappa shape index (κ2) is 28.2. The second-order valence-corrected chi connectivity index (χ2v) is 28.2. The number of aliphatic hydroxyl groups is 4. The normalized spacial score (nSPS) is 47.4. The molecule has 518 valence electrons. The van der Waals surface area contributed by atoms with Gasteiger partial charge in [0.15, 0.2) is 43.2 Å². The zero-order chi connectivity index (χ0) is 67.5. The SMILES string of the molecule is COC(=O)NC1[C@@H](C)O[C@@H](O[C@H]2C/C=C(\C)[C@@H]3C=CC4C(O[C@H]5C[C@@H](O[C@H]6CCC(O[C@H]7C[C@@H](O)C(O[C@H]8CCC(O)[C@H](C)O8)[C@H](C)O7)[C@H](C)O6)C(OC(C)=O)[C@H](C)O5)[C@@H](C)C[C@H](C)[C@H]4[C@]3(C)C(O)=C3C(=O)OC4(CC(C=O)=C[C@H](O)[C@H]4/C=C/2C)C3=O)CC1(C)[N+](=O)[O-]. The summed E-state index contributed by atoms with van der Waals surface area (Å²) in [6, 6.07) is -1.12. The predicted molar refractivity (Wildman–Crippen MR) is 325 cm³/mol. The van der Waals surface area contributed by atoms with Gasteiger partial charge in [-0.25, -0.2) is 9.59 Å². The average Bonchev–Trinajstić information content (AvgIpc) is 1.68. The Morgan fingerprint density at radius 2 is 1.35 bits per heavy atom. The van der Waals surface area contributed by atoms with Crippen molar-refractivity contribution in [1.82, 2.24) is 5.32 Å². The quantitative estimate of drug-likeness (QED) is 0.0240. The number of amides is 1. The first-order valence-corrected chi connectivity index (χ1v) is 33.1. The van der Waals surface area contributed by atoms with Gasteiger partial charge in [0.25, 0.3) is 0 Å². The number of esters is 2. The summed E-state index contributed by atoms with van der Waals surface area (Å²) in [7, 11) is 1.15. The number of carbonyl (C=O) groups is 5. The molecule has 9 unspecified atom stereocenters. The minimum Gasteiger partial charge on any atom is -0.511 e. The zero-order valence-corrected chi connectivity index (χ0v) is 55.4. The van der Waals surface area contributed by atoms with Crippen molar-refractivity contribution in [2.75, 3.05) is 7.11 Å². The van der Waals surface area contributed by atoms with E-state index in [1.54, 1.807) is 33.8 Å². The van der Waals surface area contributed by atoms with Crippen molar-refractivity contribution in [3.63, 3.8) is 0 Å². The van der Waals surface area contributed by atoms with E-state index in [2.05, 4.69) is 25.2 Å². The van der Waals surface area contributed by atoms with Crippen molar-refractivity contribution < 1.29 is 111 Å². The van der Waals surface area contributed by atoms with E-state index in [0.717, 1.165) is 7.11 Å². The molecule has 10 aliphatic rings. The lowest BCUT2D eigenvalue weighted by molar-refractivity contribution is -0.584. The Morgan fingerprint density at radius 3 is 2.01 bits per heavy atom. The molecule has 1 spiro atoms. The molecule has 0 aromatic heterocycles. The number of allylic oxidation sites excluding steroid dienone is 3. The molecule has 7 fully saturated rings. The Morgan fingerprint density at radius 1 is 0.720 bits per heavy atom. The molecule has 26 heteroatoms. The molecule has 2 bridgehead atoms. The highest BCUT2D eigenvalue weighted by Crippen LogP contribution is 2.61. The third-order valence-corrected chi connectivity index (χ3v) is 21.7. The number of ketones is 1. The van der Waals surface area contributed by atoms with Gasteiger partial charge in [-0.2, -0.15) is 0 Å². The predicted octanol–water partition coefficient (Wildman–Crippen LogP) is 6.36. The van der Waals surface area contributed by atoms with Crippen LogP contribution in [0.4, 0.5) is 4.79 Å². The Kier molecular flexibility index (Phi) is 21.4. The van der Waals surface area contributed by atoms with Crippen molar-refractivity contribution in [3.05, 3.63) is 68.5 Å². The van der Waals surface area contributed by atoms with E-state index in [0.29, 0.717) is 49.5 Å². The zero-order valence-electron chi connectivity index (χ0n) is 55.4. The molecule has 29 atom stereocenters. The largest absolute Gasteiger partial charge is 0.511 e. The minimum atomic E-state index is -2.20. The van der Waals surface area contributed by atoms with E-state index in [1.807, 2.05) is 39.8 Å². The number of aldehydes is 1. The smallest absolute Gasteiger partial charge is 0.407 e. The van der Waals surface area contributed by atoms with E-state index in [4.69, 9.17) is 61.6 Å². The van der Waals surface area contributed by atoms with Gasteiger partial charge in [0.2, 0.25) is 11.3 Å². The number of nitro groups is 1. The van der Waals surface area contributed by atoms with Crippen LogP contribution in [0.15, 0.2) is 58.4 Å². The molecule has 4 aliphatic carbocycles. The van der Waals surface area contributed by atoms with Gasteiger partial charge in [0.1, 0.15) is 35.9 Å². The number of hydrogen-bond acceptors (Lipinski definition) is 24. The van der Waals surface area contributed by atoms with E-state index < -0.39 is 210 Å². The first kappa shape index (κ1) is 70.7. The Hall–Kier alpha value is -5.07. The van der Waals surface area contributed by atoms with Crippen LogP contribution in [0, 0.1) is 51.0 Å². The summed E-state index contributed by atoms with van der Waals surface area (Å²) in [5.74, 6) is -6.46. The Balaban J connectivity index is 0.904. The highest BCUT2D eigenvalue weighted by molar-refractivity contribution is 6.26. The van der Waals surface area contributed by atoms with Gasteiger partial charge in [-0.3, -0.25) is 24.5 Å². The highest BCUT2D eigenvalue weighted by Gasteiger charge is 2.65. The number of aliphatic hydroxyl groups excluding tert-OH is 4. The van der Waals surface area contributed by atoms with Crippen LogP contribution in [0.3, 0.4) is 0 Å². The Labute approximate surface area is 542 Å². The summed E-state index contributed by atoms with van der Waals surface area (Å²) in [6.07, 6.45) is -4.21. The van der Waals surface area contributed by atoms with Crippen LogP contribution in [0.25, 0.3) is 0 Å². The lowest BCUT2D eigenvalue weighted by atomic mass is 9.49. The first-order valence-electron chi connectivity index (χ1n) is 33.1. The number of nitrogens with zero attached hydrogens (tertiary/aromatic N) is 1. The van der Waals surface area contributed by atoms with E-state index >= 15 is 4.79 Å². The van der Waals surface area contributed by atoms with Gasteiger partial charge in [-0.1, -0.05) is 50.6 Å². The molecule has 0 radical (unpaired) electrons. The fourth-order valence-electron chi connectivity index (χ4n) is 16.9. The fraction of sp³-hybridized carbons (Fsp3) is 0.776. The summed E-state index contributed by atoms with van der Waals surface area (Å²) in [5, 5.41) is 62.0. The molecule has 93 heavy (non-hydrogen) atoms. The van der Waals surface area contributed by atoms with Crippen molar-refractivity contribution in [2.45, 2.75) is 281 Å². The molecular formula is C67H96N2O24. The highest BCUT2D eigenvalue weighted by atomic mass is 16.8. The number of hydrogen-bond donors (Lipinski definition) is 5. The van der Waals surface area contributed by atoms with E-state index in [-0.39, 0.29) is 43.1 Å². The summed E-state index contributed by atoms with van der Waals surface area (Å²) in [6.45, 7) is 21.0. The third kappa shape index (κ3) is 14.0. The molecule has 0 aromatic carbocycles. The van der Waals surface area contributed by atoms with Crippen LogP contribution < -0.4 is 5.32 Å². The van der Waals surface area contributed by atoms with Crippen molar-refractivity contribution in [2.24, 2.45) is 40.9 Å². The topological polar surface area (TPSA) is 341 Å². The summed E-state index contributed by atoms with van der Waals surface area (Å²) in [5.41, 5.74) is -4.91. The van der Waals surface area contributed by atoms with E-state index in [9.17, 15) is 49.7 Å². The van der Waals surface area contributed by atoms with Crippen LogP contribution in [0.5, 0.6) is 0 Å². The molecular weight excluding hydrogens is 1220 g/mol. The number of fused-ring (bicyclic) bond motifs is 4. The molecule has 6 heterocycles. The summed E-state index contributed by atoms with van der Waals surface area (Å²) in [4.78, 5) is 80.4. The number of methoxy groups -OCH3 is 1. The maximum absolute atomic E-state index is 15.6. The maximum Gasteiger partial charge on any atom is 0.407 e. The second-order valence-electron chi connectivity index (χ2n) is 28.2. The number of alkyl carbamates (subject to hydrolysis) is 1. The maximum atomic E-state index is 15.6.